The van der Waals surface area contributed by atoms with Crippen LogP contribution >= 0.6 is 11.3 Å². The molecule has 126 valence electrons. The largest absolute Gasteiger partial charge is 0.345 e. The number of anilines is 1. The molecule has 0 aliphatic carbocycles. The third-order valence-corrected chi connectivity index (χ3v) is 5.70. The first-order valence-electron chi connectivity index (χ1n) is 8.26. The average molecular weight is 336 g/mol. The van der Waals surface area contributed by atoms with Crippen molar-refractivity contribution in [3.63, 3.8) is 0 Å². The van der Waals surface area contributed by atoms with Crippen molar-refractivity contribution in [2.75, 3.05) is 44.2 Å². The number of likely N-dealkylation sites (tertiary alicyclic amines) is 1. The second-order valence-corrected chi connectivity index (χ2v) is 7.22. The topological polar surface area (TPSA) is 56.8 Å². The van der Waals surface area contributed by atoms with E-state index in [4.69, 9.17) is 0 Å². The number of aromatic nitrogens is 1. The molecule has 2 amide bonds. The molecule has 2 fully saturated rings. The van der Waals surface area contributed by atoms with Crippen LogP contribution in [0.15, 0.2) is 5.38 Å². The summed E-state index contributed by atoms with van der Waals surface area (Å²) in [4.78, 5) is 34.8. The van der Waals surface area contributed by atoms with E-state index in [1.54, 1.807) is 23.2 Å². The fraction of sp³-hybridized carbons (Fsp3) is 0.688. The molecule has 0 radical (unpaired) electrons. The Bertz CT molecular complexity index is 580. The Morgan fingerprint density at radius 2 is 1.91 bits per heavy atom. The molecule has 1 aromatic heterocycles. The first kappa shape index (κ1) is 16.2. The first-order chi connectivity index (χ1) is 11.0. The van der Waals surface area contributed by atoms with Crippen molar-refractivity contribution >= 4 is 28.3 Å². The van der Waals surface area contributed by atoms with Crippen LogP contribution in [0.2, 0.25) is 0 Å². The summed E-state index contributed by atoms with van der Waals surface area (Å²) >= 11 is 1.66. The fourth-order valence-electron chi connectivity index (χ4n) is 3.33. The van der Waals surface area contributed by atoms with Crippen molar-refractivity contribution in [1.29, 1.82) is 0 Å². The van der Waals surface area contributed by atoms with Crippen molar-refractivity contribution in [1.82, 2.24) is 14.8 Å². The number of amides is 2. The van der Waals surface area contributed by atoms with E-state index in [9.17, 15) is 9.59 Å². The summed E-state index contributed by atoms with van der Waals surface area (Å²) in [5, 5.41) is 3.11. The third kappa shape index (κ3) is 3.65. The van der Waals surface area contributed by atoms with Crippen molar-refractivity contribution < 1.29 is 9.59 Å². The number of hydrogen-bond acceptors (Lipinski definition) is 5. The lowest BCUT2D eigenvalue weighted by Crippen LogP contribution is -2.53. The Morgan fingerprint density at radius 3 is 2.52 bits per heavy atom. The summed E-state index contributed by atoms with van der Waals surface area (Å²) in [7, 11) is 0. The number of carbonyl (C=O) groups excluding carboxylic acids is 2. The second-order valence-electron chi connectivity index (χ2n) is 6.39. The number of piperidine rings is 1. The third-order valence-electron chi connectivity index (χ3n) is 4.68. The average Bonchev–Trinajstić information content (AvgIpc) is 3.01. The van der Waals surface area contributed by atoms with Crippen molar-refractivity contribution in [3.05, 3.63) is 11.1 Å². The quantitative estimate of drug-likeness (QED) is 0.818. The molecule has 0 N–H and O–H groups in total. The number of carbonyl (C=O) groups is 2. The van der Waals surface area contributed by atoms with Gasteiger partial charge in [-0.05, 0) is 19.8 Å². The van der Waals surface area contributed by atoms with Gasteiger partial charge in [0.05, 0.1) is 11.6 Å². The van der Waals surface area contributed by atoms with E-state index in [0.717, 1.165) is 56.4 Å². The molecule has 0 aromatic carbocycles. The van der Waals surface area contributed by atoms with Gasteiger partial charge in [0.1, 0.15) is 0 Å². The molecule has 2 aliphatic heterocycles. The van der Waals surface area contributed by atoms with Gasteiger partial charge in [-0.15, -0.1) is 11.3 Å². The van der Waals surface area contributed by atoms with Gasteiger partial charge < -0.3 is 14.7 Å². The van der Waals surface area contributed by atoms with E-state index in [0.29, 0.717) is 6.54 Å². The van der Waals surface area contributed by atoms with Gasteiger partial charge in [-0.1, -0.05) is 0 Å². The summed E-state index contributed by atoms with van der Waals surface area (Å²) in [6.45, 7) is 8.12. The number of thiazole rings is 1. The van der Waals surface area contributed by atoms with Gasteiger partial charge in [0.25, 0.3) is 0 Å². The highest BCUT2D eigenvalue weighted by molar-refractivity contribution is 7.13. The van der Waals surface area contributed by atoms with Crippen molar-refractivity contribution in [2.24, 2.45) is 5.92 Å². The Morgan fingerprint density at radius 1 is 1.17 bits per heavy atom. The molecule has 0 bridgehead atoms. The van der Waals surface area contributed by atoms with Gasteiger partial charge in [0.2, 0.25) is 11.8 Å². The van der Waals surface area contributed by atoms with Crippen LogP contribution in [0.4, 0.5) is 5.13 Å². The van der Waals surface area contributed by atoms with Crippen molar-refractivity contribution in [3.8, 4) is 0 Å². The van der Waals surface area contributed by atoms with Gasteiger partial charge >= 0.3 is 0 Å². The monoisotopic (exact) mass is 336 g/mol. The molecule has 3 heterocycles. The number of aryl methyl sites for hydroxylation is 1. The summed E-state index contributed by atoms with van der Waals surface area (Å²) in [6, 6.07) is 0. The summed E-state index contributed by atoms with van der Waals surface area (Å²) in [6.07, 6.45) is 1.82. The normalized spacial score (nSPS) is 22.3. The predicted molar refractivity (Wildman–Crippen MR) is 90.6 cm³/mol. The van der Waals surface area contributed by atoms with E-state index < -0.39 is 0 Å². The molecule has 0 saturated carbocycles. The molecule has 23 heavy (non-hydrogen) atoms. The zero-order chi connectivity index (χ0) is 16.4. The maximum atomic E-state index is 12.7. The van der Waals surface area contributed by atoms with Crippen LogP contribution in [0.1, 0.15) is 25.5 Å². The zero-order valence-corrected chi connectivity index (χ0v) is 14.6. The first-order valence-corrected chi connectivity index (χ1v) is 9.14. The summed E-state index contributed by atoms with van der Waals surface area (Å²) in [5.74, 6) is 0.263. The van der Waals surface area contributed by atoms with Gasteiger partial charge in [0.15, 0.2) is 5.13 Å². The van der Waals surface area contributed by atoms with Crippen LogP contribution in [0, 0.1) is 12.8 Å². The van der Waals surface area contributed by atoms with Crippen LogP contribution in [-0.4, -0.2) is 65.9 Å². The van der Waals surface area contributed by atoms with Crippen LogP contribution in [-0.2, 0) is 9.59 Å². The fourth-order valence-corrected chi connectivity index (χ4v) is 4.18. The van der Waals surface area contributed by atoms with Gasteiger partial charge in [-0.25, -0.2) is 4.98 Å². The number of nitrogens with zero attached hydrogens (tertiary/aromatic N) is 4. The van der Waals surface area contributed by atoms with Crippen LogP contribution in [0.25, 0.3) is 0 Å². The Balaban J connectivity index is 1.54. The van der Waals surface area contributed by atoms with Gasteiger partial charge in [-0.3, -0.25) is 9.59 Å². The molecular formula is C16H24N4O2S. The standard InChI is InChI=1S/C16H24N4O2S/c1-12-11-23-16(17-12)19-8-6-18(7-9-19)15(22)14-4-3-5-20(10-14)13(2)21/h11,14H,3-10H2,1-2H3. The Kier molecular flexibility index (Phi) is 4.84. The second kappa shape index (κ2) is 6.86. The van der Waals surface area contributed by atoms with E-state index in [1.165, 1.54) is 0 Å². The van der Waals surface area contributed by atoms with E-state index >= 15 is 0 Å². The molecular weight excluding hydrogens is 312 g/mol. The van der Waals surface area contributed by atoms with E-state index in [2.05, 4.69) is 15.3 Å². The highest BCUT2D eigenvalue weighted by atomic mass is 32.1. The molecule has 0 spiro atoms. The molecule has 7 heteroatoms. The van der Waals surface area contributed by atoms with Gasteiger partial charge in [-0.2, -0.15) is 0 Å². The lowest BCUT2D eigenvalue weighted by atomic mass is 9.96. The summed E-state index contributed by atoms with van der Waals surface area (Å²) < 4.78 is 0. The number of hydrogen-bond donors (Lipinski definition) is 0. The molecule has 1 aromatic rings. The minimum atomic E-state index is -0.0266. The maximum Gasteiger partial charge on any atom is 0.227 e. The highest BCUT2D eigenvalue weighted by Crippen LogP contribution is 2.23. The highest BCUT2D eigenvalue weighted by Gasteiger charge is 2.32. The van der Waals surface area contributed by atoms with Crippen molar-refractivity contribution in [2.45, 2.75) is 26.7 Å². The lowest BCUT2D eigenvalue weighted by molar-refractivity contribution is -0.140. The van der Waals surface area contributed by atoms with Crippen LogP contribution in [0.5, 0.6) is 0 Å². The molecule has 1 unspecified atom stereocenters. The SMILES string of the molecule is CC(=O)N1CCCC(C(=O)N2CCN(c3nc(C)cs3)CC2)C1. The Labute approximate surface area is 141 Å². The number of piperazine rings is 1. The van der Waals surface area contributed by atoms with Gasteiger partial charge in [0, 0.05) is 51.6 Å². The number of rotatable bonds is 2. The molecule has 3 rings (SSSR count). The zero-order valence-electron chi connectivity index (χ0n) is 13.8. The van der Waals surface area contributed by atoms with E-state index in [1.807, 2.05) is 11.8 Å². The van der Waals surface area contributed by atoms with Crippen LogP contribution in [0.3, 0.4) is 0 Å². The molecule has 1 atom stereocenters. The Hall–Kier alpha value is -1.63. The molecule has 2 aliphatic rings. The molecule has 6 nitrogen and oxygen atoms in total. The maximum absolute atomic E-state index is 12.7. The molecule has 2 saturated heterocycles. The smallest absolute Gasteiger partial charge is 0.227 e. The lowest BCUT2D eigenvalue weighted by Gasteiger charge is -2.38. The predicted octanol–water partition coefficient (Wildman–Crippen LogP) is 1.36. The van der Waals surface area contributed by atoms with E-state index in [-0.39, 0.29) is 17.7 Å². The van der Waals surface area contributed by atoms with Crippen LogP contribution < -0.4 is 4.90 Å². The summed E-state index contributed by atoms with van der Waals surface area (Å²) in [5.41, 5.74) is 1.05. The minimum Gasteiger partial charge on any atom is -0.345 e. The minimum absolute atomic E-state index is 0.0266.